The summed E-state index contributed by atoms with van der Waals surface area (Å²) >= 11 is 0. The second-order valence-electron chi connectivity index (χ2n) is 6.63. The predicted octanol–water partition coefficient (Wildman–Crippen LogP) is 0.526. The molecule has 158 valence electrons. The van der Waals surface area contributed by atoms with Crippen molar-refractivity contribution in [3.8, 4) is 0 Å². The first-order valence-corrected chi connectivity index (χ1v) is 9.00. The fourth-order valence-corrected chi connectivity index (χ4v) is 2.89. The molecular formula is C17H21N9O4. The minimum absolute atomic E-state index is 0.0192. The maximum atomic E-state index is 12.6. The highest BCUT2D eigenvalue weighted by atomic mass is 16.6. The number of hydrogen-bond donors (Lipinski definition) is 2. The summed E-state index contributed by atoms with van der Waals surface area (Å²) in [5.41, 5.74) is 1.58. The molecule has 0 radical (unpaired) electrons. The molecule has 0 saturated heterocycles. The third-order valence-electron chi connectivity index (χ3n) is 4.46. The van der Waals surface area contributed by atoms with Gasteiger partial charge < -0.3 is 10.6 Å². The second kappa shape index (κ2) is 8.55. The zero-order chi connectivity index (χ0) is 21.8. The van der Waals surface area contributed by atoms with Gasteiger partial charge >= 0.3 is 5.69 Å². The number of anilines is 1. The summed E-state index contributed by atoms with van der Waals surface area (Å²) < 4.78 is 4.39. The van der Waals surface area contributed by atoms with Gasteiger partial charge in [0, 0.05) is 38.8 Å². The summed E-state index contributed by atoms with van der Waals surface area (Å²) in [6.45, 7) is 2.01. The Morgan fingerprint density at radius 1 is 1.17 bits per heavy atom. The molecule has 0 unspecified atom stereocenters. The summed E-state index contributed by atoms with van der Waals surface area (Å²) in [6.07, 6.45) is 5.99. The Kier molecular flexibility index (Phi) is 5.90. The number of nitrogens with zero attached hydrogens (tertiary/aromatic N) is 7. The van der Waals surface area contributed by atoms with Crippen LogP contribution in [-0.4, -0.2) is 46.1 Å². The molecule has 2 N–H and O–H groups in total. The Bertz CT molecular complexity index is 1090. The number of aromatic nitrogens is 6. The molecule has 0 bridgehead atoms. The fraction of sp³-hybridized carbons (Fsp3) is 0.353. The van der Waals surface area contributed by atoms with Gasteiger partial charge in [-0.2, -0.15) is 15.3 Å². The van der Waals surface area contributed by atoms with Gasteiger partial charge in [-0.15, -0.1) is 0 Å². The lowest BCUT2D eigenvalue weighted by Crippen LogP contribution is -2.27. The molecule has 13 heteroatoms. The first-order chi connectivity index (χ1) is 14.3. The highest BCUT2D eigenvalue weighted by molar-refractivity contribution is 6.02. The van der Waals surface area contributed by atoms with Gasteiger partial charge in [0.05, 0.1) is 29.5 Å². The van der Waals surface area contributed by atoms with Crippen LogP contribution in [0.1, 0.15) is 28.2 Å². The Labute approximate surface area is 170 Å². The molecule has 2 amide bonds. The molecule has 3 rings (SSSR count). The van der Waals surface area contributed by atoms with E-state index in [-0.39, 0.29) is 42.5 Å². The van der Waals surface area contributed by atoms with Crippen molar-refractivity contribution in [2.45, 2.75) is 26.4 Å². The summed E-state index contributed by atoms with van der Waals surface area (Å²) in [5.74, 6) is -0.769. The molecule has 30 heavy (non-hydrogen) atoms. The van der Waals surface area contributed by atoms with E-state index in [1.165, 1.54) is 15.6 Å². The van der Waals surface area contributed by atoms with Gasteiger partial charge in [-0.1, -0.05) is 0 Å². The SMILES string of the molecule is Cc1c([N+](=O)[O-])cnn1CCC(=O)Nc1cnn(C)c1C(=O)NCc1cnn(C)c1. The molecule has 13 nitrogen and oxygen atoms in total. The van der Waals surface area contributed by atoms with Gasteiger partial charge in [-0.25, -0.2) is 0 Å². The largest absolute Gasteiger partial charge is 0.346 e. The van der Waals surface area contributed by atoms with Crippen molar-refractivity contribution in [3.05, 3.63) is 51.9 Å². The van der Waals surface area contributed by atoms with E-state index in [9.17, 15) is 19.7 Å². The summed E-state index contributed by atoms with van der Waals surface area (Å²) in [7, 11) is 3.38. The van der Waals surface area contributed by atoms with E-state index in [1.54, 1.807) is 38.1 Å². The van der Waals surface area contributed by atoms with Crippen LogP contribution in [0.25, 0.3) is 0 Å². The smallest absolute Gasteiger partial charge is 0.309 e. The van der Waals surface area contributed by atoms with Crippen LogP contribution in [0, 0.1) is 17.0 Å². The molecule has 3 aromatic rings. The number of amides is 2. The van der Waals surface area contributed by atoms with E-state index in [1.807, 2.05) is 0 Å². The van der Waals surface area contributed by atoms with Crippen LogP contribution in [0.2, 0.25) is 0 Å². The maximum Gasteiger partial charge on any atom is 0.309 e. The van der Waals surface area contributed by atoms with Crippen molar-refractivity contribution < 1.29 is 14.5 Å². The number of carbonyl (C=O) groups excluding carboxylic acids is 2. The number of nitrogens with one attached hydrogen (secondary N) is 2. The predicted molar refractivity (Wildman–Crippen MR) is 104 cm³/mol. The molecule has 0 aliphatic rings. The molecule has 0 aromatic carbocycles. The fourth-order valence-electron chi connectivity index (χ4n) is 2.89. The van der Waals surface area contributed by atoms with E-state index >= 15 is 0 Å². The lowest BCUT2D eigenvalue weighted by molar-refractivity contribution is -0.385. The van der Waals surface area contributed by atoms with Gasteiger partial charge in [0.2, 0.25) is 5.91 Å². The highest BCUT2D eigenvalue weighted by Crippen LogP contribution is 2.17. The standard InChI is InChI=1S/C17H21N9O4/c1-11-14(26(29)30)9-21-25(11)5-4-15(27)22-13-8-20-24(3)16(13)17(28)18-6-12-7-19-23(2)10-12/h7-10H,4-6H2,1-3H3,(H,18,28)(H,22,27). The Morgan fingerprint density at radius 3 is 2.57 bits per heavy atom. The van der Waals surface area contributed by atoms with Crippen LogP contribution in [0.15, 0.2) is 24.8 Å². The van der Waals surface area contributed by atoms with E-state index < -0.39 is 10.8 Å². The number of hydrogen-bond acceptors (Lipinski definition) is 7. The molecule has 3 aromatic heterocycles. The molecule has 0 aliphatic heterocycles. The van der Waals surface area contributed by atoms with E-state index in [0.29, 0.717) is 5.69 Å². The van der Waals surface area contributed by atoms with Crippen molar-refractivity contribution in [1.29, 1.82) is 0 Å². The third kappa shape index (κ3) is 4.51. The van der Waals surface area contributed by atoms with Gasteiger partial charge in [0.25, 0.3) is 5.91 Å². The number of carbonyl (C=O) groups is 2. The zero-order valence-corrected chi connectivity index (χ0v) is 16.7. The van der Waals surface area contributed by atoms with E-state index in [0.717, 1.165) is 11.8 Å². The zero-order valence-electron chi connectivity index (χ0n) is 16.7. The van der Waals surface area contributed by atoms with Crippen LogP contribution in [0.4, 0.5) is 11.4 Å². The summed E-state index contributed by atoms with van der Waals surface area (Å²) in [5, 5.41) is 28.3. The lowest BCUT2D eigenvalue weighted by atomic mass is 10.3. The number of rotatable bonds is 8. The molecule has 3 heterocycles. The maximum absolute atomic E-state index is 12.6. The van der Waals surface area contributed by atoms with E-state index in [4.69, 9.17) is 0 Å². The van der Waals surface area contributed by atoms with Crippen LogP contribution >= 0.6 is 0 Å². The normalized spacial score (nSPS) is 10.8. The van der Waals surface area contributed by atoms with Crippen LogP contribution in [0.5, 0.6) is 0 Å². The van der Waals surface area contributed by atoms with Crippen molar-refractivity contribution in [1.82, 2.24) is 34.7 Å². The Balaban J connectivity index is 1.60. The Hall–Kier alpha value is -4.03. The first kappa shape index (κ1) is 20.7. The Morgan fingerprint density at radius 2 is 1.93 bits per heavy atom. The average molecular weight is 415 g/mol. The lowest BCUT2D eigenvalue weighted by Gasteiger charge is -2.09. The third-order valence-corrected chi connectivity index (χ3v) is 4.46. The minimum Gasteiger partial charge on any atom is -0.346 e. The van der Waals surface area contributed by atoms with Gasteiger partial charge in [-0.3, -0.25) is 33.7 Å². The first-order valence-electron chi connectivity index (χ1n) is 9.00. The van der Waals surface area contributed by atoms with Gasteiger partial charge in [0.1, 0.15) is 17.6 Å². The molecular weight excluding hydrogens is 394 g/mol. The minimum atomic E-state index is -0.523. The quantitative estimate of drug-likeness (QED) is 0.401. The van der Waals surface area contributed by atoms with Crippen molar-refractivity contribution in [2.24, 2.45) is 14.1 Å². The monoisotopic (exact) mass is 415 g/mol. The summed E-state index contributed by atoms with van der Waals surface area (Å²) in [4.78, 5) is 35.3. The van der Waals surface area contributed by atoms with Crippen LogP contribution < -0.4 is 10.6 Å². The molecule has 0 spiro atoms. The van der Waals surface area contributed by atoms with Gasteiger partial charge in [0.15, 0.2) is 0 Å². The second-order valence-corrected chi connectivity index (χ2v) is 6.63. The van der Waals surface area contributed by atoms with Crippen molar-refractivity contribution >= 4 is 23.2 Å². The van der Waals surface area contributed by atoms with Crippen molar-refractivity contribution in [2.75, 3.05) is 5.32 Å². The highest BCUT2D eigenvalue weighted by Gasteiger charge is 2.20. The number of nitro groups is 1. The van der Waals surface area contributed by atoms with Crippen LogP contribution in [0.3, 0.4) is 0 Å². The van der Waals surface area contributed by atoms with E-state index in [2.05, 4.69) is 25.9 Å². The summed E-state index contributed by atoms with van der Waals surface area (Å²) in [6, 6.07) is 0. The van der Waals surface area contributed by atoms with Crippen LogP contribution in [-0.2, 0) is 32.0 Å². The molecule has 0 aliphatic carbocycles. The molecule has 0 atom stereocenters. The molecule has 0 fully saturated rings. The number of aryl methyl sites for hydroxylation is 3. The van der Waals surface area contributed by atoms with Gasteiger partial charge in [-0.05, 0) is 6.92 Å². The molecule has 0 saturated carbocycles. The van der Waals surface area contributed by atoms with Crippen molar-refractivity contribution in [3.63, 3.8) is 0 Å². The average Bonchev–Trinajstić information content (AvgIpc) is 3.37. The topological polar surface area (TPSA) is 155 Å².